The Hall–Kier alpha value is -2.42. The number of hydrogen-bond donors (Lipinski definition) is 1. The number of carbonyl (C=O) groups is 1. The van der Waals surface area contributed by atoms with Gasteiger partial charge in [-0.3, -0.25) is 4.79 Å². The van der Waals surface area contributed by atoms with Crippen LogP contribution in [0, 0.1) is 11.8 Å². The molecule has 3 aliphatic rings. The number of nitrogens with two attached hydrogens (primary N) is 1. The molecule has 2 bridgehead atoms. The van der Waals surface area contributed by atoms with Crippen LogP contribution >= 0.6 is 0 Å². The normalized spacial score (nSPS) is 28.9. The molecule has 2 aliphatic heterocycles. The summed E-state index contributed by atoms with van der Waals surface area (Å²) in [5, 5.41) is 6.01. The van der Waals surface area contributed by atoms with Gasteiger partial charge in [0.15, 0.2) is 0 Å². The van der Waals surface area contributed by atoms with Crippen molar-refractivity contribution in [1.29, 1.82) is 0 Å². The van der Waals surface area contributed by atoms with Gasteiger partial charge in [0, 0.05) is 31.5 Å². The van der Waals surface area contributed by atoms with Gasteiger partial charge in [0.05, 0.1) is 18.4 Å². The maximum atomic E-state index is 13.1. The van der Waals surface area contributed by atoms with Gasteiger partial charge < -0.3 is 14.4 Å². The van der Waals surface area contributed by atoms with Crippen LogP contribution in [0.3, 0.4) is 0 Å². The number of anilines is 1. The smallest absolute Gasteiger partial charge is 0.286 e. The van der Waals surface area contributed by atoms with E-state index < -0.39 is 15.8 Å². The van der Waals surface area contributed by atoms with Crippen LogP contribution in [0.15, 0.2) is 46.8 Å². The summed E-state index contributed by atoms with van der Waals surface area (Å²) in [6.45, 7) is 2.21. The predicted molar refractivity (Wildman–Crippen MR) is 152 cm³/mol. The zero-order chi connectivity index (χ0) is 26.5. The second kappa shape index (κ2) is 12.2. The molecule has 5 rings (SSSR count). The molecule has 2 N–H and O–H groups in total. The Morgan fingerprint density at radius 2 is 1.87 bits per heavy atom. The molecule has 1 amide bonds. The minimum absolute atomic E-state index is 0.216. The first-order valence-corrected chi connectivity index (χ1v) is 15.9. The van der Waals surface area contributed by atoms with Crippen molar-refractivity contribution in [1.82, 2.24) is 0 Å². The van der Waals surface area contributed by atoms with Crippen molar-refractivity contribution in [2.24, 2.45) is 21.3 Å². The molecule has 0 aromatic heterocycles. The number of fused-ring (bicyclic) bond motifs is 3. The van der Waals surface area contributed by atoms with Gasteiger partial charge in [-0.1, -0.05) is 37.1 Å². The predicted octanol–water partition coefficient (Wildman–Crippen LogP) is 5.51. The highest BCUT2D eigenvalue weighted by Gasteiger charge is 2.38. The number of aryl methyl sites for hydroxylation is 1. The first kappa shape index (κ1) is 27.2. The van der Waals surface area contributed by atoms with Gasteiger partial charge in [-0.2, -0.15) is 0 Å². The van der Waals surface area contributed by atoms with Crippen molar-refractivity contribution < 1.29 is 18.5 Å². The highest BCUT2D eigenvalue weighted by atomic mass is 32.2. The number of methoxy groups -OCH3 is 1. The second-order valence-electron chi connectivity index (χ2n) is 11.1. The highest BCUT2D eigenvalue weighted by molar-refractivity contribution is 7.91. The van der Waals surface area contributed by atoms with Gasteiger partial charge in [0.2, 0.25) is 0 Å². The first-order chi connectivity index (χ1) is 18.4. The second-order valence-corrected chi connectivity index (χ2v) is 13.0. The van der Waals surface area contributed by atoms with Gasteiger partial charge in [0.25, 0.3) is 5.91 Å². The number of amides is 1. The molecular weight excluding hydrogens is 498 g/mol. The third-order valence-electron chi connectivity index (χ3n) is 8.50. The van der Waals surface area contributed by atoms with Crippen LogP contribution in [0.4, 0.5) is 5.69 Å². The van der Waals surface area contributed by atoms with E-state index in [9.17, 15) is 9.00 Å². The van der Waals surface area contributed by atoms with Gasteiger partial charge >= 0.3 is 0 Å². The van der Waals surface area contributed by atoms with Crippen LogP contribution in [0.5, 0.6) is 5.75 Å². The SMILES string of the molecule is CO[C@H]1CCCCCS(N)(=O)=NC(=O)c2ccc3c(c2)N(Cc2ccccc2CCCCO3)C[C@@H]2CC[C@H]21. The lowest BCUT2D eigenvalue weighted by Gasteiger charge is -2.44. The van der Waals surface area contributed by atoms with Crippen LogP contribution in [0.1, 0.15) is 72.9 Å². The summed E-state index contributed by atoms with van der Waals surface area (Å²) in [5.74, 6) is 1.48. The topological polar surface area (TPSA) is 94.2 Å². The summed E-state index contributed by atoms with van der Waals surface area (Å²) in [7, 11) is -1.26. The molecule has 1 aliphatic carbocycles. The first-order valence-electron chi connectivity index (χ1n) is 14.1. The Morgan fingerprint density at radius 3 is 2.66 bits per heavy atom. The third-order valence-corrected chi connectivity index (χ3v) is 9.85. The van der Waals surface area contributed by atoms with E-state index in [2.05, 4.69) is 33.5 Å². The molecule has 0 radical (unpaired) electrons. The van der Waals surface area contributed by atoms with Crippen LogP contribution in [0.2, 0.25) is 0 Å². The van der Waals surface area contributed by atoms with E-state index in [-0.39, 0.29) is 11.9 Å². The number of nitrogens with zero attached hydrogens (tertiary/aromatic N) is 2. The largest absolute Gasteiger partial charge is 0.491 e. The molecule has 38 heavy (non-hydrogen) atoms. The van der Waals surface area contributed by atoms with Crippen LogP contribution in [0.25, 0.3) is 0 Å². The molecule has 2 heterocycles. The van der Waals surface area contributed by atoms with Gasteiger partial charge in [-0.15, -0.1) is 4.36 Å². The molecule has 4 atom stereocenters. The molecular formula is C30H41N3O4S. The molecule has 206 valence electrons. The van der Waals surface area contributed by atoms with Crippen molar-refractivity contribution >= 4 is 21.5 Å². The van der Waals surface area contributed by atoms with Gasteiger partial charge in [0.1, 0.15) is 15.7 Å². The van der Waals surface area contributed by atoms with Crippen molar-refractivity contribution in [3.8, 4) is 5.75 Å². The molecule has 1 fully saturated rings. The minimum Gasteiger partial charge on any atom is -0.491 e. The standard InChI is InChI=1S/C30H41N3O4S/c1-36-28-12-3-2-8-18-38(31,35)32-30(34)23-14-16-29-27(19-23)33(21-25-13-15-26(25)28)20-24-11-5-4-9-22(24)10-6-7-17-37-29/h4-5,9,11,14,16,19,25-26,28H,2-3,6-8,10,12-13,15,17-18,20-21H2,1H3,(H2,31,32,34,35)/t25-,26+,28-,38?/m0/s1. The fourth-order valence-electron chi connectivity index (χ4n) is 6.20. The summed E-state index contributed by atoms with van der Waals surface area (Å²) in [5.41, 5.74) is 3.96. The third kappa shape index (κ3) is 6.41. The molecule has 1 unspecified atom stereocenters. The van der Waals surface area contributed by atoms with Gasteiger partial charge in [-0.05, 0) is 86.1 Å². The Labute approximate surface area is 227 Å². The Bertz CT molecular complexity index is 1260. The van der Waals surface area contributed by atoms with Crippen LogP contribution < -0.4 is 14.8 Å². The number of ether oxygens (including phenoxy) is 2. The molecule has 8 heteroatoms. The zero-order valence-electron chi connectivity index (χ0n) is 22.5. The van der Waals surface area contributed by atoms with E-state index in [0.29, 0.717) is 30.4 Å². The highest BCUT2D eigenvalue weighted by Crippen LogP contribution is 2.42. The minimum atomic E-state index is -3.09. The average Bonchev–Trinajstić information content (AvgIpc) is 2.92. The summed E-state index contributed by atoms with van der Waals surface area (Å²) < 4.78 is 29.2. The number of carbonyl (C=O) groups excluding carboxylic acids is 1. The average molecular weight is 540 g/mol. The van der Waals surface area contributed by atoms with Crippen molar-refractivity contribution in [2.75, 3.05) is 30.9 Å². The van der Waals surface area contributed by atoms with E-state index in [4.69, 9.17) is 14.6 Å². The summed E-state index contributed by atoms with van der Waals surface area (Å²) in [4.78, 5) is 15.5. The van der Waals surface area contributed by atoms with E-state index in [1.807, 2.05) is 19.2 Å². The maximum absolute atomic E-state index is 13.1. The lowest BCUT2D eigenvalue weighted by atomic mass is 9.69. The number of benzene rings is 2. The van der Waals surface area contributed by atoms with Crippen molar-refractivity contribution in [3.63, 3.8) is 0 Å². The Balaban J connectivity index is 1.59. The molecule has 2 aromatic carbocycles. The summed E-state index contributed by atoms with van der Waals surface area (Å²) in [6, 6.07) is 14.1. The quantitative estimate of drug-likeness (QED) is 0.516. The molecule has 2 aromatic rings. The van der Waals surface area contributed by atoms with E-state index >= 15 is 0 Å². The van der Waals surface area contributed by atoms with Gasteiger partial charge in [-0.25, -0.2) is 9.35 Å². The Morgan fingerprint density at radius 1 is 1.03 bits per heavy atom. The van der Waals surface area contributed by atoms with Crippen molar-refractivity contribution in [3.05, 3.63) is 59.2 Å². The molecule has 7 nitrogen and oxygen atoms in total. The number of hydrogen-bond acceptors (Lipinski definition) is 5. The van der Waals surface area contributed by atoms with Crippen LogP contribution in [-0.4, -0.2) is 42.2 Å². The van der Waals surface area contributed by atoms with Crippen molar-refractivity contribution in [2.45, 2.75) is 70.4 Å². The maximum Gasteiger partial charge on any atom is 0.286 e. The molecule has 0 saturated heterocycles. The lowest BCUT2D eigenvalue weighted by molar-refractivity contribution is -0.0218. The number of rotatable bonds is 1. The fraction of sp³-hybridized carbons (Fsp3) is 0.567. The fourth-order valence-corrected chi connectivity index (χ4v) is 7.29. The van der Waals surface area contributed by atoms with Crippen LogP contribution in [-0.2, 0) is 27.6 Å². The summed E-state index contributed by atoms with van der Waals surface area (Å²) in [6.07, 6.45) is 9.14. The summed E-state index contributed by atoms with van der Waals surface area (Å²) >= 11 is 0. The van der Waals surface area contributed by atoms with E-state index in [1.165, 1.54) is 24.0 Å². The monoisotopic (exact) mass is 539 g/mol. The molecule has 0 spiro atoms. The zero-order valence-corrected chi connectivity index (χ0v) is 23.3. The lowest BCUT2D eigenvalue weighted by Crippen LogP contribution is -2.44. The Kier molecular flexibility index (Phi) is 8.71. The van der Waals surface area contributed by atoms with E-state index in [1.54, 1.807) is 6.07 Å². The van der Waals surface area contributed by atoms with E-state index in [0.717, 1.165) is 63.1 Å². The molecule has 1 saturated carbocycles.